The van der Waals surface area contributed by atoms with Gasteiger partial charge in [0, 0.05) is 29.9 Å². The van der Waals surface area contributed by atoms with E-state index in [9.17, 15) is 18.9 Å². The zero-order chi connectivity index (χ0) is 24.5. The summed E-state index contributed by atoms with van der Waals surface area (Å²) in [6.07, 6.45) is 3.66. The number of pyridine rings is 1. The first-order valence-corrected chi connectivity index (χ1v) is 10.9. The van der Waals surface area contributed by atoms with Gasteiger partial charge in [0.25, 0.3) is 5.69 Å². The molecule has 0 saturated carbocycles. The maximum Gasteiger partial charge on any atom is 0.274 e. The van der Waals surface area contributed by atoms with Crippen LogP contribution in [0.2, 0.25) is 0 Å². The number of tetrazole rings is 1. The third-order valence-electron chi connectivity index (χ3n) is 6.00. The highest BCUT2D eigenvalue weighted by Crippen LogP contribution is 2.33. The van der Waals surface area contributed by atoms with Crippen LogP contribution in [-0.4, -0.2) is 48.1 Å². The molecule has 2 N–H and O–H groups in total. The Morgan fingerprint density at radius 3 is 2.66 bits per heavy atom. The Morgan fingerprint density at radius 2 is 1.89 bits per heavy atom. The smallest absolute Gasteiger partial charge is 0.274 e. The number of nitrogens with two attached hydrogens (primary N) is 1. The van der Waals surface area contributed by atoms with Gasteiger partial charge < -0.3 is 5.73 Å². The highest BCUT2D eigenvalue weighted by molar-refractivity contribution is 5.77. The average molecular weight is 478 g/mol. The third kappa shape index (κ3) is 4.30. The Bertz CT molecular complexity index is 1420. The van der Waals surface area contributed by atoms with Gasteiger partial charge in [0.1, 0.15) is 11.5 Å². The predicted octanol–water partition coefficient (Wildman–Crippen LogP) is 3.76. The molecule has 0 aliphatic carbocycles. The molecular weight excluding hydrogens is 458 g/mol. The van der Waals surface area contributed by atoms with Crippen molar-refractivity contribution in [3.05, 3.63) is 76.0 Å². The fourth-order valence-electron chi connectivity index (χ4n) is 4.21. The minimum atomic E-state index is -1.12. The highest BCUT2D eigenvalue weighted by atomic mass is 19.2. The maximum absolute atomic E-state index is 14.4. The van der Waals surface area contributed by atoms with Crippen molar-refractivity contribution < 1.29 is 13.7 Å². The normalized spacial score (nSPS) is 13.9. The monoisotopic (exact) mass is 478 g/mol. The van der Waals surface area contributed by atoms with Crippen LogP contribution < -0.4 is 5.73 Å². The number of nitro benzene ring substituents is 1. The van der Waals surface area contributed by atoms with Gasteiger partial charge in [-0.3, -0.25) is 15.0 Å². The quantitative estimate of drug-likeness (QED) is 0.328. The molecule has 10 nitrogen and oxygen atoms in total. The first-order valence-electron chi connectivity index (χ1n) is 10.9. The second-order valence-electron chi connectivity index (χ2n) is 8.23. The molecule has 0 amide bonds. The molecule has 5 rings (SSSR count). The van der Waals surface area contributed by atoms with E-state index >= 15 is 0 Å². The van der Waals surface area contributed by atoms with Gasteiger partial charge in [-0.1, -0.05) is 18.2 Å². The van der Waals surface area contributed by atoms with Crippen LogP contribution in [0.25, 0.3) is 28.2 Å². The summed E-state index contributed by atoms with van der Waals surface area (Å²) in [6, 6.07) is 10.3. The van der Waals surface area contributed by atoms with E-state index in [0.29, 0.717) is 23.2 Å². The molecular formula is C23H20F2N8O2. The number of halogens is 2. The lowest BCUT2D eigenvalue weighted by molar-refractivity contribution is -0.385. The summed E-state index contributed by atoms with van der Waals surface area (Å²) in [5, 5.41) is 23.1. The SMILES string of the molecule is Nc1ncc(-c2ccc(CN3CCCC3)c([N+](=O)[O-])c2)cc1-c1nnnn1-c1cccc(F)c1F. The van der Waals surface area contributed by atoms with E-state index in [0.717, 1.165) is 36.7 Å². The molecule has 0 spiro atoms. The topological polar surface area (TPSA) is 129 Å². The average Bonchev–Trinajstić information content (AvgIpc) is 3.54. The van der Waals surface area contributed by atoms with E-state index in [1.807, 2.05) is 0 Å². The van der Waals surface area contributed by atoms with E-state index < -0.39 is 16.6 Å². The second-order valence-corrected chi connectivity index (χ2v) is 8.23. The fraction of sp³-hybridized carbons (Fsp3) is 0.217. The lowest BCUT2D eigenvalue weighted by atomic mass is 10.0. The Morgan fingerprint density at radius 1 is 1.09 bits per heavy atom. The highest BCUT2D eigenvalue weighted by Gasteiger charge is 2.22. The van der Waals surface area contributed by atoms with Crippen LogP contribution >= 0.6 is 0 Å². The summed E-state index contributed by atoms with van der Waals surface area (Å²) < 4.78 is 29.2. The summed E-state index contributed by atoms with van der Waals surface area (Å²) in [7, 11) is 0. The van der Waals surface area contributed by atoms with Crippen LogP contribution in [0.15, 0.2) is 48.7 Å². The molecule has 0 unspecified atom stereocenters. The fourth-order valence-corrected chi connectivity index (χ4v) is 4.21. The minimum Gasteiger partial charge on any atom is -0.383 e. The van der Waals surface area contributed by atoms with Crippen LogP contribution in [0.3, 0.4) is 0 Å². The molecule has 0 bridgehead atoms. The van der Waals surface area contributed by atoms with Crippen LogP contribution in [0, 0.1) is 21.7 Å². The Labute approximate surface area is 198 Å². The van der Waals surface area contributed by atoms with Crippen LogP contribution in [0.1, 0.15) is 18.4 Å². The second kappa shape index (κ2) is 9.14. The first kappa shape index (κ1) is 22.5. The summed E-state index contributed by atoms with van der Waals surface area (Å²) >= 11 is 0. The Kier molecular flexibility index (Phi) is 5.87. The van der Waals surface area contributed by atoms with Gasteiger partial charge in [-0.05, 0) is 60.1 Å². The van der Waals surface area contributed by atoms with Gasteiger partial charge in [-0.25, -0.2) is 13.8 Å². The molecule has 1 fully saturated rings. The van der Waals surface area contributed by atoms with Crippen molar-refractivity contribution >= 4 is 11.5 Å². The summed E-state index contributed by atoms with van der Waals surface area (Å²) in [6.45, 7) is 2.35. The van der Waals surface area contributed by atoms with Crippen molar-refractivity contribution in [3.8, 4) is 28.2 Å². The number of rotatable bonds is 6. The molecule has 1 aliphatic heterocycles. The van der Waals surface area contributed by atoms with E-state index in [-0.39, 0.29) is 28.6 Å². The zero-order valence-electron chi connectivity index (χ0n) is 18.4. The minimum absolute atomic E-state index is 0.0134. The van der Waals surface area contributed by atoms with Crippen LogP contribution in [0.4, 0.5) is 20.3 Å². The van der Waals surface area contributed by atoms with Crippen LogP contribution in [-0.2, 0) is 6.54 Å². The molecule has 3 heterocycles. The molecule has 35 heavy (non-hydrogen) atoms. The standard InChI is InChI=1S/C23H20F2N8O2/c24-18-4-3-5-19(21(18)25)32-23(28-29-30-32)17-10-16(12-27-22(17)26)14-6-7-15(20(11-14)33(34)35)13-31-8-1-2-9-31/h3-7,10-12H,1-2,8-9,13H2,(H2,26,27). The number of nitrogens with zero attached hydrogens (tertiary/aromatic N) is 7. The van der Waals surface area contributed by atoms with E-state index in [2.05, 4.69) is 25.4 Å². The van der Waals surface area contributed by atoms with Gasteiger partial charge in [0.15, 0.2) is 17.5 Å². The van der Waals surface area contributed by atoms with E-state index in [1.54, 1.807) is 18.2 Å². The largest absolute Gasteiger partial charge is 0.383 e. The van der Waals surface area contributed by atoms with Crippen molar-refractivity contribution in [1.82, 2.24) is 30.1 Å². The lowest BCUT2D eigenvalue weighted by Gasteiger charge is -2.15. The summed E-state index contributed by atoms with van der Waals surface area (Å²) in [5.74, 6) is -2.07. The number of hydrogen-bond acceptors (Lipinski definition) is 8. The van der Waals surface area contributed by atoms with Gasteiger partial charge in [-0.2, -0.15) is 4.68 Å². The molecule has 178 valence electrons. The molecule has 1 aliphatic rings. The molecule has 0 atom stereocenters. The van der Waals surface area contributed by atoms with Crippen molar-refractivity contribution in [2.24, 2.45) is 0 Å². The van der Waals surface area contributed by atoms with Gasteiger partial charge in [0.05, 0.1) is 10.5 Å². The predicted molar refractivity (Wildman–Crippen MR) is 123 cm³/mol. The molecule has 2 aromatic heterocycles. The molecule has 4 aromatic rings. The Hall–Kier alpha value is -4.32. The summed E-state index contributed by atoms with van der Waals surface area (Å²) in [4.78, 5) is 17.8. The van der Waals surface area contributed by atoms with Crippen molar-refractivity contribution in [3.63, 3.8) is 0 Å². The summed E-state index contributed by atoms with van der Waals surface area (Å²) in [5.41, 5.74) is 7.85. The number of nitrogen functional groups attached to an aromatic ring is 1. The first-order chi connectivity index (χ1) is 16.9. The van der Waals surface area contributed by atoms with E-state index in [1.165, 1.54) is 24.4 Å². The number of likely N-dealkylation sites (tertiary alicyclic amines) is 1. The van der Waals surface area contributed by atoms with Crippen LogP contribution in [0.5, 0.6) is 0 Å². The third-order valence-corrected chi connectivity index (χ3v) is 6.00. The van der Waals surface area contributed by atoms with Crippen molar-refractivity contribution in [2.45, 2.75) is 19.4 Å². The zero-order valence-corrected chi connectivity index (χ0v) is 18.4. The Balaban J connectivity index is 1.55. The van der Waals surface area contributed by atoms with Crippen molar-refractivity contribution in [1.29, 1.82) is 0 Å². The number of benzene rings is 2. The van der Waals surface area contributed by atoms with Gasteiger partial charge in [0.2, 0.25) is 0 Å². The lowest BCUT2D eigenvalue weighted by Crippen LogP contribution is -2.19. The molecule has 0 radical (unpaired) electrons. The molecule has 2 aromatic carbocycles. The number of aromatic nitrogens is 5. The number of anilines is 1. The molecule has 12 heteroatoms. The number of hydrogen-bond donors (Lipinski definition) is 1. The van der Waals surface area contributed by atoms with Gasteiger partial charge in [-0.15, -0.1) is 5.10 Å². The molecule has 1 saturated heterocycles. The van der Waals surface area contributed by atoms with Gasteiger partial charge >= 0.3 is 0 Å². The van der Waals surface area contributed by atoms with E-state index in [4.69, 9.17) is 5.73 Å². The maximum atomic E-state index is 14.4. The number of nitro groups is 1. The van der Waals surface area contributed by atoms with Crippen molar-refractivity contribution in [2.75, 3.05) is 18.8 Å².